The summed E-state index contributed by atoms with van der Waals surface area (Å²) in [6.45, 7) is 8.03. The number of nitrogens with zero attached hydrogens (tertiary/aromatic N) is 5. The first-order valence-corrected chi connectivity index (χ1v) is 12.2. The Morgan fingerprint density at radius 1 is 0.970 bits per heavy atom. The summed E-state index contributed by atoms with van der Waals surface area (Å²) in [5, 5.41) is 8.49. The van der Waals surface area contributed by atoms with Crippen LogP contribution in [-0.4, -0.2) is 62.7 Å². The van der Waals surface area contributed by atoms with E-state index in [1.807, 2.05) is 55.1 Å². The van der Waals surface area contributed by atoms with Gasteiger partial charge in [-0.1, -0.05) is 37.5 Å². The van der Waals surface area contributed by atoms with Crippen molar-refractivity contribution in [2.24, 2.45) is 0 Å². The summed E-state index contributed by atoms with van der Waals surface area (Å²) < 4.78 is 8.03. The summed E-state index contributed by atoms with van der Waals surface area (Å²) >= 11 is 0. The molecule has 1 aromatic carbocycles. The molecule has 2 aliphatic rings. The van der Waals surface area contributed by atoms with Crippen LogP contribution >= 0.6 is 0 Å². The Morgan fingerprint density at radius 2 is 1.67 bits per heavy atom. The molecule has 5 rings (SSSR count). The van der Waals surface area contributed by atoms with Crippen molar-refractivity contribution in [1.29, 1.82) is 0 Å². The maximum Gasteiger partial charge on any atom is 0.249 e. The van der Waals surface area contributed by atoms with Crippen LogP contribution in [0.4, 0.5) is 0 Å². The van der Waals surface area contributed by atoms with E-state index >= 15 is 0 Å². The van der Waals surface area contributed by atoms with Gasteiger partial charge in [0.05, 0.1) is 5.56 Å². The molecule has 0 bridgehead atoms. The molecule has 3 heterocycles. The molecule has 7 heteroatoms. The van der Waals surface area contributed by atoms with Gasteiger partial charge < -0.3 is 13.9 Å². The molecule has 1 aliphatic heterocycles. The Hall–Kier alpha value is -2.93. The standard InChI is InChI=1S/C26H33N5O2/c1-19-17-23(26-28-27-25(33-26)21-9-5-3-6-10-21)20(2)31(19)18-24(32)30-15-13-29(14-16-30)22-11-7-4-8-12-22/h3,5-6,9-10,17,22H,4,7-8,11-16,18H2,1-2H3. The molecule has 0 atom stereocenters. The molecule has 2 fully saturated rings. The number of aryl methyl sites for hydroxylation is 1. The van der Waals surface area contributed by atoms with Crippen LogP contribution in [0.15, 0.2) is 40.8 Å². The van der Waals surface area contributed by atoms with Crippen molar-refractivity contribution in [1.82, 2.24) is 24.6 Å². The fourth-order valence-corrected chi connectivity index (χ4v) is 5.31. The van der Waals surface area contributed by atoms with Gasteiger partial charge in [-0.2, -0.15) is 0 Å². The molecule has 0 radical (unpaired) electrons. The fraction of sp³-hybridized carbons (Fsp3) is 0.500. The minimum absolute atomic E-state index is 0.183. The topological polar surface area (TPSA) is 67.4 Å². The normalized spacial score (nSPS) is 18.1. The monoisotopic (exact) mass is 447 g/mol. The highest BCUT2D eigenvalue weighted by atomic mass is 16.4. The lowest BCUT2D eigenvalue weighted by Crippen LogP contribution is -2.52. The zero-order chi connectivity index (χ0) is 22.8. The largest absolute Gasteiger partial charge is 0.416 e. The van der Waals surface area contributed by atoms with Crippen LogP contribution < -0.4 is 0 Å². The summed E-state index contributed by atoms with van der Waals surface area (Å²) in [5.74, 6) is 1.17. The Bertz CT molecular complexity index is 1090. The number of carbonyl (C=O) groups excluding carboxylic acids is 1. The lowest BCUT2D eigenvalue weighted by atomic mass is 9.94. The van der Waals surface area contributed by atoms with Crippen LogP contribution in [0, 0.1) is 13.8 Å². The molecule has 174 valence electrons. The van der Waals surface area contributed by atoms with Crippen molar-refractivity contribution < 1.29 is 9.21 Å². The molecule has 33 heavy (non-hydrogen) atoms. The van der Waals surface area contributed by atoms with Gasteiger partial charge in [0.15, 0.2) is 0 Å². The lowest BCUT2D eigenvalue weighted by molar-refractivity contribution is -0.134. The smallest absolute Gasteiger partial charge is 0.249 e. The number of amides is 1. The van der Waals surface area contributed by atoms with Crippen LogP contribution in [0.3, 0.4) is 0 Å². The average molecular weight is 448 g/mol. The zero-order valence-corrected chi connectivity index (χ0v) is 19.7. The first kappa shape index (κ1) is 21.9. The van der Waals surface area contributed by atoms with Crippen LogP contribution in [0.5, 0.6) is 0 Å². The van der Waals surface area contributed by atoms with Crippen molar-refractivity contribution in [2.75, 3.05) is 26.2 Å². The Labute approximate surface area is 195 Å². The summed E-state index contributed by atoms with van der Waals surface area (Å²) in [4.78, 5) is 17.8. The second kappa shape index (κ2) is 9.51. The molecule has 0 unspecified atom stereocenters. The summed E-state index contributed by atoms with van der Waals surface area (Å²) in [5.41, 5.74) is 3.78. The van der Waals surface area contributed by atoms with E-state index in [-0.39, 0.29) is 5.91 Å². The number of carbonyl (C=O) groups is 1. The number of hydrogen-bond donors (Lipinski definition) is 0. The van der Waals surface area contributed by atoms with Gasteiger partial charge in [0.2, 0.25) is 17.7 Å². The van der Waals surface area contributed by atoms with E-state index in [1.165, 1.54) is 32.1 Å². The molecule has 3 aromatic rings. The van der Waals surface area contributed by atoms with Crippen molar-refractivity contribution in [3.8, 4) is 22.9 Å². The maximum atomic E-state index is 13.1. The predicted molar refractivity (Wildman–Crippen MR) is 128 cm³/mol. The third-order valence-corrected chi connectivity index (χ3v) is 7.30. The summed E-state index contributed by atoms with van der Waals surface area (Å²) in [6.07, 6.45) is 6.72. The quantitative estimate of drug-likeness (QED) is 0.583. The first-order valence-electron chi connectivity index (χ1n) is 12.2. The van der Waals surface area contributed by atoms with Crippen LogP contribution in [0.25, 0.3) is 22.9 Å². The van der Waals surface area contributed by atoms with Gasteiger partial charge in [-0.05, 0) is 44.9 Å². The minimum atomic E-state index is 0.183. The van der Waals surface area contributed by atoms with E-state index in [4.69, 9.17) is 4.42 Å². The highest BCUT2D eigenvalue weighted by Crippen LogP contribution is 2.29. The third-order valence-electron chi connectivity index (χ3n) is 7.30. The number of piperazine rings is 1. The molecule has 1 amide bonds. The molecular weight excluding hydrogens is 414 g/mol. The SMILES string of the molecule is Cc1cc(-c2nnc(-c3ccccc3)o2)c(C)n1CC(=O)N1CCN(C2CCCCC2)CC1. The number of benzene rings is 1. The molecule has 0 spiro atoms. The Kier molecular flexibility index (Phi) is 6.31. The van der Waals surface area contributed by atoms with Crippen molar-refractivity contribution in [2.45, 2.75) is 58.5 Å². The molecular formula is C26H33N5O2. The third kappa shape index (κ3) is 4.60. The number of aromatic nitrogens is 3. The Morgan fingerprint density at radius 3 is 2.39 bits per heavy atom. The van der Waals surface area contributed by atoms with E-state index in [0.29, 0.717) is 18.3 Å². The van der Waals surface area contributed by atoms with Crippen LogP contribution in [0.2, 0.25) is 0 Å². The second-order valence-corrected chi connectivity index (χ2v) is 9.36. The van der Waals surface area contributed by atoms with E-state index in [0.717, 1.165) is 54.7 Å². The second-order valence-electron chi connectivity index (χ2n) is 9.36. The number of rotatable bonds is 5. The van der Waals surface area contributed by atoms with Gasteiger partial charge in [-0.15, -0.1) is 10.2 Å². The van der Waals surface area contributed by atoms with Gasteiger partial charge in [-0.25, -0.2) is 0 Å². The molecule has 2 aromatic heterocycles. The average Bonchev–Trinajstić information content (AvgIpc) is 3.46. The molecule has 1 saturated carbocycles. The van der Waals surface area contributed by atoms with Crippen LogP contribution in [0.1, 0.15) is 43.5 Å². The van der Waals surface area contributed by atoms with Crippen molar-refractivity contribution in [3.05, 3.63) is 47.8 Å². The fourth-order valence-electron chi connectivity index (χ4n) is 5.31. The van der Waals surface area contributed by atoms with Gasteiger partial charge in [0, 0.05) is 49.2 Å². The van der Waals surface area contributed by atoms with Gasteiger partial charge in [0.1, 0.15) is 6.54 Å². The highest BCUT2D eigenvalue weighted by molar-refractivity contribution is 5.77. The van der Waals surface area contributed by atoms with E-state index in [2.05, 4.69) is 19.7 Å². The predicted octanol–water partition coefficient (Wildman–Crippen LogP) is 4.30. The minimum Gasteiger partial charge on any atom is -0.416 e. The molecule has 1 aliphatic carbocycles. The lowest BCUT2D eigenvalue weighted by Gasteiger charge is -2.40. The summed E-state index contributed by atoms with van der Waals surface area (Å²) in [6, 6.07) is 12.5. The summed E-state index contributed by atoms with van der Waals surface area (Å²) in [7, 11) is 0. The highest BCUT2D eigenvalue weighted by Gasteiger charge is 2.27. The van der Waals surface area contributed by atoms with Crippen LogP contribution in [-0.2, 0) is 11.3 Å². The van der Waals surface area contributed by atoms with E-state index in [9.17, 15) is 4.79 Å². The molecule has 0 N–H and O–H groups in total. The number of hydrogen-bond acceptors (Lipinski definition) is 5. The first-order chi connectivity index (χ1) is 16.1. The zero-order valence-electron chi connectivity index (χ0n) is 19.7. The Balaban J connectivity index is 1.25. The van der Waals surface area contributed by atoms with Crippen molar-refractivity contribution >= 4 is 5.91 Å². The van der Waals surface area contributed by atoms with Gasteiger partial charge >= 0.3 is 0 Å². The molecule has 7 nitrogen and oxygen atoms in total. The maximum absolute atomic E-state index is 13.1. The van der Waals surface area contributed by atoms with Gasteiger partial charge in [0.25, 0.3) is 0 Å². The van der Waals surface area contributed by atoms with Crippen molar-refractivity contribution in [3.63, 3.8) is 0 Å². The van der Waals surface area contributed by atoms with E-state index < -0.39 is 0 Å². The molecule has 1 saturated heterocycles. The van der Waals surface area contributed by atoms with Gasteiger partial charge in [-0.3, -0.25) is 9.69 Å². The van der Waals surface area contributed by atoms with E-state index in [1.54, 1.807) is 0 Å².